The van der Waals surface area contributed by atoms with Crippen LogP contribution < -0.4 is 4.74 Å². The molecule has 0 saturated carbocycles. The normalized spacial score (nSPS) is 18.9. The Balaban J connectivity index is 1.96. The first-order valence-corrected chi connectivity index (χ1v) is 7.09. The van der Waals surface area contributed by atoms with Crippen LogP contribution in [0.1, 0.15) is 37.0 Å². The van der Waals surface area contributed by atoms with Gasteiger partial charge >= 0.3 is 0 Å². The Labute approximate surface area is 118 Å². The summed E-state index contributed by atoms with van der Waals surface area (Å²) in [6.45, 7) is 4.65. The number of rotatable bonds is 4. The first-order valence-electron chi connectivity index (χ1n) is 7.09. The molecule has 1 aliphatic rings. The Kier molecular flexibility index (Phi) is 3.49. The van der Waals surface area contributed by atoms with Gasteiger partial charge in [0.1, 0.15) is 11.9 Å². The van der Waals surface area contributed by atoms with Crippen molar-refractivity contribution < 1.29 is 14.3 Å². The van der Waals surface area contributed by atoms with E-state index in [0.717, 1.165) is 29.5 Å². The highest BCUT2D eigenvalue weighted by molar-refractivity contribution is 6.10. The molecule has 0 radical (unpaired) electrons. The van der Waals surface area contributed by atoms with Crippen LogP contribution in [0.5, 0.6) is 5.75 Å². The molecule has 1 saturated heterocycles. The lowest BCUT2D eigenvalue weighted by atomic mass is 10.0. The van der Waals surface area contributed by atoms with Gasteiger partial charge in [0.05, 0.1) is 6.10 Å². The number of ether oxygens (including phenoxy) is 2. The molecule has 1 aromatic carbocycles. The number of benzene rings is 1. The van der Waals surface area contributed by atoms with E-state index >= 15 is 0 Å². The van der Waals surface area contributed by atoms with Gasteiger partial charge < -0.3 is 14.5 Å². The molecule has 4 heteroatoms. The Hall–Kier alpha value is -1.81. The molecule has 4 nitrogen and oxygen atoms in total. The fourth-order valence-electron chi connectivity index (χ4n) is 2.61. The van der Waals surface area contributed by atoms with E-state index in [1.165, 1.54) is 0 Å². The van der Waals surface area contributed by atoms with Crippen LogP contribution >= 0.6 is 0 Å². The monoisotopic (exact) mass is 273 g/mol. The first kappa shape index (κ1) is 13.2. The average Bonchev–Trinajstić information content (AvgIpc) is 3.06. The number of Topliss-reactive ketones (excluding diaryl/α,β-unsaturated/α-hetero) is 1. The molecule has 0 bridgehead atoms. The number of aromatic amines is 1. The number of fused-ring (bicyclic) bond motifs is 1. The standard InChI is InChI=1S/C16H19NO3/c1-10(2)20-11-5-6-14-12(8-11)13(9-17-14)16(18)15-4-3-7-19-15/h5-6,8-10,15,17H,3-4,7H2,1-2H3. The summed E-state index contributed by atoms with van der Waals surface area (Å²) in [5.41, 5.74) is 1.64. The zero-order chi connectivity index (χ0) is 14.1. The maximum Gasteiger partial charge on any atom is 0.193 e. The molecule has 0 aliphatic carbocycles. The summed E-state index contributed by atoms with van der Waals surface area (Å²) in [6, 6.07) is 5.78. The van der Waals surface area contributed by atoms with Gasteiger partial charge in [-0.2, -0.15) is 0 Å². The van der Waals surface area contributed by atoms with Crippen LogP contribution in [-0.2, 0) is 4.74 Å². The van der Waals surface area contributed by atoms with Crippen molar-refractivity contribution in [2.45, 2.75) is 38.9 Å². The van der Waals surface area contributed by atoms with Crippen LogP contribution in [0.25, 0.3) is 10.9 Å². The number of carbonyl (C=O) groups excluding carboxylic acids is 1. The van der Waals surface area contributed by atoms with Gasteiger partial charge in [0.25, 0.3) is 0 Å². The van der Waals surface area contributed by atoms with Gasteiger partial charge in [0, 0.05) is 29.3 Å². The number of hydrogen-bond acceptors (Lipinski definition) is 3. The molecule has 2 aromatic rings. The Morgan fingerprint density at radius 3 is 3.00 bits per heavy atom. The summed E-state index contributed by atoms with van der Waals surface area (Å²) in [5.74, 6) is 0.851. The molecule has 0 spiro atoms. The molecule has 3 rings (SSSR count). The largest absolute Gasteiger partial charge is 0.491 e. The molecule has 20 heavy (non-hydrogen) atoms. The number of hydrogen-bond donors (Lipinski definition) is 1. The minimum absolute atomic E-state index is 0.0652. The highest BCUT2D eigenvalue weighted by Crippen LogP contribution is 2.27. The molecule has 1 N–H and O–H groups in total. The van der Waals surface area contributed by atoms with E-state index in [9.17, 15) is 4.79 Å². The number of H-pyrrole nitrogens is 1. The van der Waals surface area contributed by atoms with Crippen molar-refractivity contribution >= 4 is 16.7 Å². The van der Waals surface area contributed by atoms with Gasteiger partial charge in [-0.25, -0.2) is 0 Å². The van der Waals surface area contributed by atoms with Crippen LogP contribution in [0.2, 0.25) is 0 Å². The predicted octanol–water partition coefficient (Wildman–Crippen LogP) is 3.32. The lowest BCUT2D eigenvalue weighted by Crippen LogP contribution is -2.19. The molecule has 2 heterocycles. The first-order chi connectivity index (χ1) is 9.65. The number of nitrogens with one attached hydrogen (secondary N) is 1. The van der Waals surface area contributed by atoms with Gasteiger partial charge in [0.2, 0.25) is 0 Å². The Bertz CT molecular complexity index is 624. The molecule has 1 unspecified atom stereocenters. The second-order valence-corrected chi connectivity index (χ2v) is 5.44. The summed E-state index contributed by atoms with van der Waals surface area (Å²) in [4.78, 5) is 15.6. The maximum absolute atomic E-state index is 12.5. The number of aromatic nitrogens is 1. The van der Waals surface area contributed by atoms with Gasteiger partial charge in [-0.3, -0.25) is 4.79 Å². The molecule has 1 atom stereocenters. The summed E-state index contributed by atoms with van der Waals surface area (Å²) >= 11 is 0. The van der Waals surface area contributed by atoms with Crippen molar-refractivity contribution in [3.63, 3.8) is 0 Å². The van der Waals surface area contributed by atoms with Gasteiger partial charge in [0.15, 0.2) is 5.78 Å². The topological polar surface area (TPSA) is 51.3 Å². The van der Waals surface area contributed by atoms with Crippen LogP contribution in [-0.4, -0.2) is 29.6 Å². The second-order valence-electron chi connectivity index (χ2n) is 5.44. The van der Waals surface area contributed by atoms with Crippen molar-refractivity contribution in [2.75, 3.05) is 6.61 Å². The van der Waals surface area contributed by atoms with Crippen molar-refractivity contribution in [3.8, 4) is 5.75 Å². The van der Waals surface area contributed by atoms with E-state index in [1.807, 2.05) is 32.0 Å². The van der Waals surface area contributed by atoms with Crippen molar-refractivity contribution in [3.05, 3.63) is 30.0 Å². The van der Waals surface area contributed by atoms with Gasteiger partial charge in [-0.05, 0) is 44.9 Å². The van der Waals surface area contributed by atoms with Crippen LogP contribution in [0.15, 0.2) is 24.4 Å². The quantitative estimate of drug-likeness (QED) is 0.869. The fraction of sp³-hybridized carbons (Fsp3) is 0.438. The lowest BCUT2D eigenvalue weighted by Gasteiger charge is -2.10. The molecule has 106 valence electrons. The van der Waals surface area contributed by atoms with Crippen LogP contribution in [0.3, 0.4) is 0 Å². The minimum atomic E-state index is -0.288. The molecular formula is C16H19NO3. The minimum Gasteiger partial charge on any atom is -0.491 e. The van der Waals surface area contributed by atoms with E-state index in [2.05, 4.69) is 4.98 Å². The Morgan fingerprint density at radius 1 is 1.45 bits per heavy atom. The predicted molar refractivity (Wildman–Crippen MR) is 77.4 cm³/mol. The summed E-state index contributed by atoms with van der Waals surface area (Å²) in [6.07, 6.45) is 3.37. The number of carbonyl (C=O) groups is 1. The lowest BCUT2D eigenvalue weighted by molar-refractivity contribution is 0.0644. The van der Waals surface area contributed by atoms with Crippen LogP contribution in [0, 0.1) is 0 Å². The van der Waals surface area contributed by atoms with E-state index in [1.54, 1.807) is 6.20 Å². The highest BCUT2D eigenvalue weighted by Gasteiger charge is 2.26. The zero-order valence-corrected chi connectivity index (χ0v) is 11.8. The van der Waals surface area contributed by atoms with E-state index in [0.29, 0.717) is 12.2 Å². The van der Waals surface area contributed by atoms with E-state index < -0.39 is 0 Å². The SMILES string of the molecule is CC(C)Oc1ccc2[nH]cc(C(=O)C3CCCO3)c2c1. The van der Waals surface area contributed by atoms with Crippen molar-refractivity contribution in [2.24, 2.45) is 0 Å². The summed E-state index contributed by atoms with van der Waals surface area (Å²) in [5, 5.41) is 0.906. The molecule has 1 aliphatic heterocycles. The molecule has 1 fully saturated rings. The second kappa shape index (κ2) is 5.29. The third-order valence-corrected chi connectivity index (χ3v) is 3.51. The van der Waals surface area contributed by atoms with Gasteiger partial charge in [-0.1, -0.05) is 0 Å². The van der Waals surface area contributed by atoms with Crippen LogP contribution in [0.4, 0.5) is 0 Å². The maximum atomic E-state index is 12.5. The van der Waals surface area contributed by atoms with Gasteiger partial charge in [-0.15, -0.1) is 0 Å². The highest BCUT2D eigenvalue weighted by atomic mass is 16.5. The van der Waals surface area contributed by atoms with Crippen molar-refractivity contribution in [1.82, 2.24) is 4.98 Å². The summed E-state index contributed by atoms with van der Waals surface area (Å²) in [7, 11) is 0. The van der Waals surface area contributed by atoms with Crippen molar-refractivity contribution in [1.29, 1.82) is 0 Å². The zero-order valence-electron chi connectivity index (χ0n) is 11.8. The third kappa shape index (κ3) is 2.43. The third-order valence-electron chi connectivity index (χ3n) is 3.51. The molecule has 1 aromatic heterocycles. The average molecular weight is 273 g/mol. The fourth-order valence-corrected chi connectivity index (χ4v) is 2.61. The van der Waals surface area contributed by atoms with E-state index in [-0.39, 0.29) is 18.0 Å². The smallest absolute Gasteiger partial charge is 0.193 e. The Morgan fingerprint density at radius 2 is 2.30 bits per heavy atom. The summed E-state index contributed by atoms with van der Waals surface area (Å²) < 4.78 is 11.2. The molecule has 0 amide bonds. The van der Waals surface area contributed by atoms with E-state index in [4.69, 9.17) is 9.47 Å². The number of ketones is 1. The molecular weight excluding hydrogens is 254 g/mol.